The van der Waals surface area contributed by atoms with Gasteiger partial charge in [0.2, 0.25) is 0 Å². The molecule has 0 heterocycles. The van der Waals surface area contributed by atoms with E-state index in [0.29, 0.717) is 17.8 Å². The van der Waals surface area contributed by atoms with Crippen molar-refractivity contribution >= 4 is 27.5 Å². The maximum absolute atomic E-state index is 12.2. The summed E-state index contributed by atoms with van der Waals surface area (Å²) in [6, 6.07) is 13.9. The fourth-order valence-electron chi connectivity index (χ4n) is 2.17. The fourth-order valence-corrected chi connectivity index (χ4v) is 2.65. The number of nitrogens with one attached hydrogen (secondary N) is 1. The molecule has 0 unspecified atom stereocenters. The molecule has 21 heavy (non-hydrogen) atoms. The van der Waals surface area contributed by atoms with Gasteiger partial charge in [-0.3, -0.25) is 4.79 Å². The second-order valence-electron chi connectivity index (χ2n) is 5.01. The first-order chi connectivity index (χ1) is 10.1. The van der Waals surface area contributed by atoms with E-state index >= 15 is 0 Å². The van der Waals surface area contributed by atoms with Crippen LogP contribution in [0.5, 0.6) is 0 Å². The van der Waals surface area contributed by atoms with Gasteiger partial charge in [-0.05, 0) is 43.0 Å². The first kappa shape index (κ1) is 15.6. The molecule has 0 radical (unpaired) electrons. The van der Waals surface area contributed by atoms with Crippen LogP contribution in [0.1, 0.15) is 27.9 Å². The minimum absolute atomic E-state index is 0.0754. The normalized spacial score (nSPS) is 10.4. The predicted molar refractivity (Wildman–Crippen MR) is 90.4 cm³/mol. The van der Waals surface area contributed by atoms with Crippen LogP contribution in [0.15, 0.2) is 46.9 Å². The minimum Gasteiger partial charge on any atom is -0.398 e. The Bertz CT molecular complexity index is 626. The quantitative estimate of drug-likeness (QED) is 0.640. The van der Waals surface area contributed by atoms with Crippen LogP contribution in [0.3, 0.4) is 0 Å². The standard InChI is InChI=1S/C17H19BrN2O/c1-12-15(10-14(18)11-16(12)19)17(21)20-9-5-8-13-6-3-2-4-7-13/h2-4,6-7,10-11H,5,8-9,19H2,1H3,(H,20,21). The summed E-state index contributed by atoms with van der Waals surface area (Å²) >= 11 is 3.37. The Morgan fingerprint density at radius 2 is 1.95 bits per heavy atom. The zero-order valence-corrected chi connectivity index (χ0v) is 13.6. The molecule has 2 aromatic rings. The molecule has 3 nitrogen and oxygen atoms in total. The van der Waals surface area contributed by atoms with Gasteiger partial charge in [0.1, 0.15) is 0 Å². The summed E-state index contributed by atoms with van der Waals surface area (Å²) in [5, 5.41) is 2.95. The van der Waals surface area contributed by atoms with Crippen molar-refractivity contribution in [3.63, 3.8) is 0 Å². The van der Waals surface area contributed by atoms with E-state index in [4.69, 9.17) is 5.73 Å². The topological polar surface area (TPSA) is 55.1 Å². The van der Waals surface area contributed by atoms with Crippen molar-refractivity contribution in [2.45, 2.75) is 19.8 Å². The lowest BCUT2D eigenvalue weighted by molar-refractivity contribution is 0.0952. The number of carbonyl (C=O) groups is 1. The molecule has 0 saturated heterocycles. The number of anilines is 1. The molecule has 3 N–H and O–H groups in total. The summed E-state index contributed by atoms with van der Waals surface area (Å²) in [6.07, 6.45) is 1.87. The molecule has 0 aliphatic heterocycles. The Morgan fingerprint density at radius 1 is 1.24 bits per heavy atom. The highest BCUT2D eigenvalue weighted by molar-refractivity contribution is 9.10. The third-order valence-electron chi connectivity index (χ3n) is 3.43. The van der Waals surface area contributed by atoms with E-state index in [2.05, 4.69) is 33.4 Å². The van der Waals surface area contributed by atoms with Gasteiger partial charge in [0, 0.05) is 22.3 Å². The van der Waals surface area contributed by atoms with E-state index in [1.54, 1.807) is 6.07 Å². The van der Waals surface area contributed by atoms with Gasteiger partial charge in [0.15, 0.2) is 0 Å². The van der Waals surface area contributed by atoms with Crippen molar-refractivity contribution in [1.29, 1.82) is 0 Å². The van der Waals surface area contributed by atoms with Crippen LogP contribution < -0.4 is 11.1 Å². The van der Waals surface area contributed by atoms with Gasteiger partial charge in [-0.2, -0.15) is 0 Å². The number of halogens is 1. The monoisotopic (exact) mass is 346 g/mol. The number of nitrogen functional groups attached to an aromatic ring is 1. The zero-order valence-electron chi connectivity index (χ0n) is 12.0. The molecule has 110 valence electrons. The SMILES string of the molecule is Cc1c(N)cc(Br)cc1C(=O)NCCCc1ccccc1. The van der Waals surface area contributed by atoms with E-state index in [1.165, 1.54) is 5.56 Å². The van der Waals surface area contributed by atoms with E-state index in [9.17, 15) is 4.79 Å². The largest absolute Gasteiger partial charge is 0.398 e. The van der Waals surface area contributed by atoms with Crippen molar-refractivity contribution in [3.05, 3.63) is 63.6 Å². The van der Waals surface area contributed by atoms with Crippen LogP contribution in [-0.2, 0) is 6.42 Å². The fraction of sp³-hybridized carbons (Fsp3) is 0.235. The van der Waals surface area contributed by atoms with Crippen LogP contribution in [0, 0.1) is 6.92 Å². The van der Waals surface area contributed by atoms with Gasteiger partial charge >= 0.3 is 0 Å². The van der Waals surface area contributed by atoms with Crippen LogP contribution >= 0.6 is 15.9 Å². The molecule has 0 aliphatic carbocycles. The van der Waals surface area contributed by atoms with Gasteiger partial charge in [-0.1, -0.05) is 46.3 Å². The second kappa shape index (κ2) is 7.27. The van der Waals surface area contributed by atoms with Crippen molar-refractivity contribution in [3.8, 4) is 0 Å². The van der Waals surface area contributed by atoms with Crippen LogP contribution in [-0.4, -0.2) is 12.5 Å². The van der Waals surface area contributed by atoms with Crippen molar-refractivity contribution in [1.82, 2.24) is 5.32 Å². The number of benzene rings is 2. The predicted octanol–water partition coefficient (Wildman–Crippen LogP) is 3.70. The number of rotatable bonds is 5. The lowest BCUT2D eigenvalue weighted by atomic mass is 10.1. The highest BCUT2D eigenvalue weighted by Crippen LogP contribution is 2.22. The smallest absolute Gasteiger partial charge is 0.251 e. The summed E-state index contributed by atoms with van der Waals surface area (Å²) < 4.78 is 0.819. The molecular formula is C17H19BrN2O. The summed E-state index contributed by atoms with van der Waals surface area (Å²) in [7, 11) is 0. The van der Waals surface area contributed by atoms with Crippen molar-refractivity contribution in [2.24, 2.45) is 0 Å². The minimum atomic E-state index is -0.0754. The molecular weight excluding hydrogens is 328 g/mol. The third kappa shape index (κ3) is 4.33. The summed E-state index contributed by atoms with van der Waals surface area (Å²) in [4.78, 5) is 12.2. The average Bonchev–Trinajstić information content (AvgIpc) is 2.48. The molecule has 0 fully saturated rings. The molecule has 2 rings (SSSR count). The number of hydrogen-bond donors (Lipinski definition) is 2. The Kier molecular flexibility index (Phi) is 5.39. The lowest BCUT2D eigenvalue weighted by Crippen LogP contribution is -2.25. The highest BCUT2D eigenvalue weighted by Gasteiger charge is 2.11. The Balaban J connectivity index is 1.88. The highest BCUT2D eigenvalue weighted by atomic mass is 79.9. The van der Waals surface area contributed by atoms with Crippen LogP contribution in [0.2, 0.25) is 0 Å². The summed E-state index contributed by atoms with van der Waals surface area (Å²) in [6.45, 7) is 2.51. The molecule has 2 aromatic carbocycles. The first-order valence-corrected chi connectivity index (χ1v) is 7.75. The summed E-state index contributed by atoms with van der Waals surface area (Å²) in [5.41, 5.74) is 9.24. The van der Waals surface area contributed by atoms with Crippen LogP contribution in [0.25, 0.3) is 0 Å². The molecule has 0 spiro atoms. The van der Waals surface area contributed by atoms with E-state index < -0.39 is 0 Å². The molecule has 0 saturated carbocycles. The zero-order chi connectivity index (χ0) is 15.2. The Hall–Kier alpha value is -1.81. The molecule has 1 amide bonds. The number of nitrogens with two attached hydrogens (primary N) is 1. The Morgan fingerprint density at radius 3 is 2.67 bits per heavy atom. The van der Waals surface area contributed by atoms with E-state index in [-0.39, 0.29) is 5.91 Å². The lowest BCUT2D eigenvalue weighted by Gasteiger charge is -2.10. The number of aryl methyl sites for hydroxylation is 1. The van der Waals surface area contributed by atoms with Crippen molar-refractivity contribution < 1.29 is 4.79 Å². The number of hydrogen-bond acceptors (Lipinski definition) is 2. The number of carbonyl (C=O) groups excluding carboxylic acids is 1. The molecule has 0 bridgehead atoms. The van der Waals surface area contributed by atoms with E-state index in [1.807, 2.05) is 31.2 Å². The summed E-state index contributed by atoms with van der Waals surface area (Å²) in [5.74, 6) is -0.0754. The maximum Gasteiger partial charge on any atom is 0.251 e. The molecule has 4 heteroatoms. The van der Waals surface area contributed by atoms with Gasteiger partial charge in [0.25, 0.3) is 5.91 Å². The van der Waals surface area contributed by atoms with Gasteiger partial charge in [-0.25, -0.2) is 0 Å². The first-order valence-electron chi connectivity index (χ1n) is 6.95. The average molecular weight is 347 g/mol. The maximum atomic E-state index is 12.2. The molecule has 0 atom stereocenters. The molecule has 0 aromatic heterocycles. The molecule has 0 aliphatic rings. The van der Waals surface area contributed by atoms with Crippen LogP contribution in [0.4, 0.5) is 5.69 Å². The van der Waals surface area contributed by atoms with Gasteiger partial charge < -0.3 is 11.1 Å². The number of amides is 1. The second-order valence-corrected chi connectivity index (χ2v) is 5.93. The van der Waals surface area contributed by atoms with E-state index in [0.717, 1.165) is 22.9 Å². The third-order valence-corrected chi connectivity index (χ3v) is 3.89. The van der Waals surface area contributed by atoms with Gasteiger partial charge in [-0.15, -0.1) is 0 Å². The van der Waals surface area contributed by atoms with Crippen molar-refractivity contribution in [2.75, 3.05) is 12.3 Å². The van der Waals surface area contributed by atoms with Gasteiger partial charge in [0.05, 0.1) is 0 Å². The Labute approximate surface area is 133 Å².